The van der Waals surface area contributed by atoms with Crippen LogP contribution in [0.2, 0.25) is 0 Å². The zero-order valence-corrected chi connectivity index (χ0v) is 13.1. The van der Waals surface area contributed by atoms with Gasteiger partial charge in [0.2, 0.25) is 0 Å². The van der Waals surface area contributed by atoms with E-state index in [2.05, 4.69) is 17.2 Å². The van der Waals surface area contributed by atoms with Gasteiger partial charge in [-0.1, -0.05) is 23.5 Å². The first kappa shape index (κ1) is 14.9. The molecule has 20 heavy (non-hydrogen) atoms. The van der Waals surface area contributed by atoms with Crippen molar-refractivity contribution in [1.29, 1.82) is 0 Å². The van der Waals surface area contributed by atoms with Crippen LogP contribution in [-0.2, 0) is 0 Å². The molecule has 1 unspecified atom stereocenters. The number of thiazole rings is 1. The highest BCUT2D eigenvalue weighted by atomic mass is 32.1. The lowest BCUT2D eigenvalue weighted by atomic mass is 10.2. The molecule has 1 atom stereocenters. The van der Waals surface area contributed by atoms with Crippen LogP contribution in [0, 0.1) is 12.7 Å². The highest BCUT2D eigenvalue weighted by Crippen LogP contribution is 2.35. The molecule has 0 aliphatic heterocycles. The van der Waals surface area contributed by atoms with Crippen molar-refractivity contribution in [3.8, 4) is 0 Å². The molecule has 2 aromatic rings. The van der Waals surface area contributed by atoms with Crippen molar-refractivity contribution in [2.24, 2.45) is 0 Å². The van der Waals surface area contributed by atoms with E-state index in [0.29, 0.717) is 12.2 Å². The van der Waals surface area contributed by atoms with Gasteiger partial charge in [0.05, 0.1) is 11.4 Å². The summed E-state index contributed by atoms with van der Waals surface area (Å²) in [6, 6.07) is 7.07. The first-order valence-electron chi connectivity index (χ1n) is 6.75. The fourth-order valence-corrected chi connectivity index (χ4v) is 3.33. The number of hydrogen-bond donors (Lipinski definition) is 1. The van der Waals surface area contributed by atoms with Crippen LogP contribution in [-0.4, -0.2) is 18.6 Å². The molecule has 1 N–H and O–H groups in total. The van der Waals surface area contributed by atoms with Crippen LogP contribution in [0.4, 0.5) is 15.2 Å². The van der Waals surface area contributed by atoms with E-state index in [-0.39, 0.29) is 11.9 Å². The van der Waals surface area contributed by atoms with Crippen LogP contribution in [0.25, 0.3) is 0 Å². The third-order valence-corrected chi connectivity index (χ3v) is 4.70. The predicted molar refractivity (Wildman–Crippen MR) is 83.4 cm³/mol. The number of para-hydroxylation sites is 1. The molecule has 0 aliphatic rings. The Morgan fingerprint density at radius 3 is 2.70 bits per heavy atom. The van der Waals surface area contributed by atoms with Crippen molar-refractivity contribution in [1.82, 2.24) is 10.3 Å². The molecule has 0 radical (unpaired) electrons. The van der Waals surface area contributed by atoms with Crippen molar-refractivity contribution in [3.63, 3.8) is 0 Å². The number of nitrogens with zero attached hydrogens (tertiary/aromatic N) is 2. The summed E-state index contributed by atoms with van der Waals surface area (Å²) in [5, 5.41) is 4.06. The molecule has 0 fully saturated rings. The number of aryl methyl sites for hydroxylation is 1. The Balaban J connectivity index is 2.41. The zero-order chi connectivity index (χ0) is 14.7. The van der Waals surface area contributed by atoms with Gasteiger partial charge in [0.25, 0.3) is 0 Å². The summed E-state index contributed by atoms with van der Waals surface area (Å²) in [7, 11) is 1.93. The van der Waals surface area contributed by atoms with Gasteiger partial charge in [0, 0.05) is 17.5 Å². The maximum atomic E-state index is 14.0. The molecule has 0 bridgehead atoms. The van der Waals surface area contributed by atoms with Crippen molar-refractivity contribution in [3.05, 3.63) is 40.7 Å². The molecule has 108 valence electrons. The second-order valence-electron chi connectivity index (χ2n) is 4.65. The smallest absolute Gasteiger partial charge is 0.190 e. The SMILES string of the molecule is CCN(c1nc(C)c(C(C)NC)s1)c1ccccc1F. The van der Waals surface area contributed by atoms with Gasteiger partial charge in [-0.3, -0.25) is 0 Å². The first-order chi connectivity index (χ1) is 9.58. The summed E-state index contributed by atoms with van der Waals surface area (Å²) in [5.74, 6) is -0.217. The number of aromatic nitrogens is 1. The summed E-state index contributed by atoms with van der Waals surface area (Å²) < 4.78 is 14.0. The van der Waals surface area contributed by atoms with E-state index in [9.17, 15) is 4.39 Å². The monoisotopic (exact) mass is 293 g/mol. The number of nitrogens with one attached hydrogen (secondary N) is 1. The van der Waals surface area contributed by atoms with Crippen LogP contribution in [0.5, 0.6) is 0 Å². The maximum absolute atomic E-state index is 14.0. The third kappa shape index (κ3) is 2.83. The Kier molecular flexibility index (Phi) is 4.73. The maximum Gasteiger partial charge on any atom is 0.190 e. The van der Waals surface area contributed by atoms with E-state index in [4.69, 9.17) is 0 Å². The Morgan fingerprint density at radius 1 is 1.40 bits per heavy atom. The number of anilines is 2. The summed E-state index contributed by atoms with van der Waals surface area (Å²) in [6.07, 6.45) is 0. The minimum atomic E-state index is -0.217. The Labute approximate surface area is 123 Å². The number of halogens is 1. The van der Waals surface area contributed by atoms with Gasteiger partial charge in [-0.05, 0) is 40.0 Å². The fourth-order valence-electron chi connectivity index (χ4n) is 2.12. The minimum absolute atomic E-state index is 0.217. The normalized spacial score (nSPS) is 12.4. The lowest BCUT2D eigenvalue weighted by Gasteiger charge is -2.20. The van der Waals surface area contributed by atoms with Gasteiger partial charge in [-0.2, -0.15) is 0 Å². The first-order valence-corrected chi connectivity index (χ1v) is 7.56. The standard InChI is InChI=1S/C15H20FN3S/c1-5-19(13-9-7-6-8-12(13)16)15-18-11(3)14(20-15)10(2)17-4/h6-10,17H,5H2,1-4H3. The van der Waals surface area contributed by atoms with E-state index < -0.39 is 0 Å². The molecule has 1 aromatic carbocycles. The zero-order valence-electron chi connectivity index (χ0n) is 12.3. The molecule has 1 aromatic heterocycles. The molecule has 2 rings (SSSR count). The molecule has 0 saturated heterocycles. The average molecular weight is 293 g/mol. The number of benzene rings is 1. The van der Waals surface area contributed by atoms with Gasteiger partial charge < -0.3 is 10.2 Å². The Bertz CT molecular complexity index is 582. The topological polar surface area (TPSA) is 28.2 Å². The highest BCUT2D eigenvalue weighted by molar-refractivity contribution is 7.15. The van der Waals surface area contributed by atoms with Crippen LogP contribution >= 0.6 is 11.3 Å². The average Bonchev–Trinajstić information content (AvgIpc) is 2.83. The van der Waals surface area contributed by atoms with Gasteiger partial charge in [-0.15, -0.1) is 0 Å². The van der Waals surface area contributed by atoms with E-state index in [0.717, 1.165) is 10.8 Å². The van der Waals surface area contributed by atoms with Crippen molar-refractivity contribution >= 4 is 22.2 Å². The van der Waals surface area contributed by atoms with Crippen molar-refractivity contribution in [2.75, 3.05) is 18.5 Å². The molecule has 0 spiro atoms. The second-order valence-corrected chi connectivity index (χ2v) is 5.66. The third-order valence-electron chi connectivity index (χ3n) is 3.34. The van der Waals surface area contributed by atoms with E-state index in [1.807, 2.05) is 31.9 Å². The predicted octanol–water partition coefficient (Wildman–Crippen LogP) is 4.03. The molecule has 3 nitrogen and oxygen atoms in total. The summed E-state index contributed by atoms with van der Waals surface area (Å²) >= 11 is 1.61. The van der Waals surface area contributed by atoms with E-state index >= 15 is 0 Å². The molecule has 0 amide bonds. The van der Waals surface area contributed by atoms with E-state index in [1.54, 1.807) is 23.5 Å². The van der Waals surface area contributed by atoms with Gasteiger partial charge in [0.1, 0.15) is 5.82 Å². The second kappa shape index (κ2) is 6.33. The minimum Gasteiger partial charge on any atom is -0.315 e. The Morgan fingerprint density at radius 2 is 2.10 bits per heavy atom. The lowest BCUT2D eigenvalue weighted by molar-refractivity contribution is 0.625. The molecular formula is C15H20FN3S. The number of hydrogen-bond acceptors (Lipinski definition) is 4. The van der Waals surface area contributed by atoms with Crippen LogP contribution in [0.3, 0.4) is 0 Å². The highest BCUT2D eigenvalue weighted by Gasteiger charge is 2.19. The molecule has 5 heteroatoms. The van der Waals surface area contributed by atoms with Crippen LogP contribution in [0.1, 0.15) is 30.5 Å². The van der Waals surface area contributed by atoms with E-state index in [1.165, 1.54) is 10.9 Å². The molecule has 0 aliphatic carbocycles. The molecular weight excluding hydrogens is 273 g/mol. The van der Waals surface area contributed by atoms with Crippen LogP contribution < -0.4 is 10.2 Å². The Hall–Kier alpha value is -1.46. The molecule has 1 heterocycles. The largest absolute Gasteiger partial charge is 0.315 e. The quantitative estimate of drug-likeness (QED) is 0.902. The van der Waals surface area contributed by atoms with Gasteiger partial charge in [0.15, 0.2) is 5.13 Å². The van der Waals surface area contributed by atoms with Gasteiger partial charge in [-0.25, -0.2) is 9.37 Å². The summed E-state index contributed by atoms with van der Waals surface area (Å²) in [5.41, 5.74) is 1.58. The van der Waals surface area contributed by atoms with Crippen molar-refractivity contribution in [2.45, 2.75) is 26.8 Å². The fraction of sp³-hybridized carbons (Fsp3) is 0.400. The molecule has 0 saturated carbocycles. The van der Waals surface area contributed by atoms with Gasteiger partial charge >= 0.3 is 0 Å². The summed E-state index contributed by atoms with van der Waals surface area (Å²) in [6.45, 7) is 6.79. The number of rotatable bonds is 5. The lowest BCUT2D eigenvalue weighted by Crippen LogP contribution is -2.17. The van der Waals surface area contributed by atoms with Crippen LogP contribution in [0.15, 0.2) is 24.3 Å². The summed E-state index contributed by atoms with van der Waals surface area (Å²) in [4.78, 5) is 7.71. The van der Waals surface area contributed by atoms with Crippen molar-refractivity contribution < 1.29 is 4.39 Å².